The normalized spacial score (nSPS) is 15.7. The van der Waals surface area contributed by atoms with E-state index in [0.717, 1.165) is 34.2 Å². The van der Waals surface area contributed by atoms with Gasteiger partial charge in [-0.2, -0.15) is 0 Å². The molecule has 2 aromatic rings. The van der Waals surface area contributed by atoms with Crippen molar-refractivity contribution < 1.29 is 23.9 Å². The number of anilines is 1. The van der Waals surface area contributed by atoms with Crippen LogP contribution in [0, 0.1) is 13.8 Å². The van der Waals surface area contributed by atoms with E-state index in [1.807, 2.05) is 45.9 Å². The van der Waals surface area contributed by atoms with Gasteiger partial charge in [0.1, 0.15) is 6.54 Å². The second-order valence-electron chi connectivity index (χ2n) is 7.83. The number of carbonyl (C=O) groups is 3. The van der Waals surface area contributed by atoms with Crippen LogP contribution in [0.25, 0.3) is 6.08 Å². The van der Waals surface area contributed by atoms with Crippen molar-refractivity contribution in [2.75, 3.05) is 19.0 Å². The predicted octanol–water partition coefficient (Wildman–Crippen LogP) is 5.16. The standard InChI is InChI=1S/C25H28N2O5S/c1-6-17(4)32-19-11-10-18(12-20(19)31-5)13-21-24(29)27(25(30)33-21)14-22(28)26-23-15(2)8-7-9-16(23)3/h7-13,17H,6,14H2,1-5H3,(H,26,28)/b21-13-/t17-/m1/s1. The summed E-state index contributed by atoms with van der Waals surface area (Å²) in [4.78, 5) is 39.0. The molecule has 1 aliphatic rings. The summed E-state index contributed by atoms with van der Waals surface area (Å²) in [6, 6.07) is 11.0. The number of ether oxygens (including phenoxy) is 2. The minimum Gasteiger partial charge on any atom is -0.493 e. The zero-order chi connectivity index (χ0) is 24.1. The lowest BCUT2D eigenvalue weighted by Gasteiger charge is -2.16. The molecule has 1 heterocycles. The Labute approximate surface area is 198 Å². The van der Waals surface area contributed by atoms with Crippen molar-refractivity contribution in [3.05, 3.63) is 58.0 Å². The predicted molar refractivity (Wildman–Crippen MR) is 131 cm³/mol. The van der Waals surface area contributed by atoms with Crippen LogP contribution in [-0.4, -0.2) is 41.7 Å². The Bertz CT molecular complexity index is 1090. The summed E-state index contributed by atoms with van der Waals surface area (Å²) in [7, 11) is 1.55. The molecule has 0 aromatic heterocycles. The molecule has 1 fully saturated rings. The number of hydrogen-bond donors (Lipinski definition) is 1. The third-order valence-corrected chi connectivity index (χ3v) is 6.22. The SMILES string of the molecule is CC[C@@H](C)Oc1ccc(/C=C2\SC(=O)N(CC(=O)Nc3c(C)cccc3C)C2=O)cc1OC. The summed E-state index contributed by atoms with van der Waals surface area (Å²) < 4.78 is 11.3. The quantitative estimate of drug-likeness (QED) is 0.539. The minimum atomic E-state index is -0.499. The zero-order valence-corrected chi connectivity index (χ0v) is 20.2. The maximum absolute atomic E-state index is 12.8. The largest absolute Gasteiger partial charge is 0.493 e. The fourth-order valence-corrected chi connectivity index (χ4v) is 4.13. The van der Waals surface area contributed by atoms with Crippen molar-refractivity contribution in [3.8, 4) is 11.5 Å². The molecule has 0 unspecified atom stereocenters. The lowest BCUT2D eigenvalue weighted by molar-refractivity contribution is -0.127. The van der Waals surface area contributed by atoms with Crippen molar-refractivity contribution in [2.24, 2.45) is 0 Å². The molecule has 174 valence electrons. The molecule has 0 saturated carbocycles. The lowest BCUT2D eigenvalue weighted by Crippen LogP contribution is -2.36. The van der Waals surface area contributed by atoms with Gasteiger partial charge in [0.05, 0.1) is 18.1 Å². The maximum atomic E-state index is 12.8. The van der Waals surface area contributed by atoms with Gasteiger partial charge in [0.25, 0.3) is 11.1 Å². The number of amides is 3. The van der Waals surface area contributed by atoms with Gasteiger partial charge in [-0.25, -0.2) is 0 Å². The molecule has 2 aromatic carbocycles. The first-order valence-electron chi connectivity index (χ1n) is 10.7. The Balaban J connectivity index is 1.73. The van der Waals surface area contributed by atoms with Crippen molar-refractivity contribution in [2.45, 2.75) is 40.2 Å². The van der Waals surface area contributed by atoms with Gasteiger partial charge < -0.3 is 14.8 Å². The van der Waals surface area contributed by atoms with Crippen molar-refractivity contribution >= 4 is 40.6 Å². The van der Waals surface area contributed by atoms with E-state index in [1.54, 1.807) is 31.4 Å². The zero-order valence-electron chi connectivity index (χ0n) is 19.4. The van der Waals surface area contributed by atoms with E-state index in [9.17, 15) is 14.4 Å². The number of benzene rings is 2. The highest BCUT2D eigenvalue weighted by Crippen LogP contribution is 2.35. The molecular weight excluding hydrogens is 440 g/mol. The molecule has 3 rings (SSSR count). The van der Waals surface area contributed by atoms with E-state index in [-0.39, 0.29) is 17.6 Å². The third kappa shape index (κ3) is 5.76. The average Bonchev–Trinajstić information content (AvgIpc) is 3.04. The van der Waals surface area contributed by atoms with Crippen LogP contribution in [0.1, 0.15) is 37.0 Å². The van der Waals surface area contributed by atoms with Crippen LogP contribution < -0.4 is 14.8 Å². The summed E-state index contributed by atoms with van der Waals surface area (Å²) in [5.41, 5.74) is 3.20. The van der Waals surface area contributed by atoms with E-state index >= 15 is 0 Å². The summed E-state index contributed by atoms with van der Waals surface area (Å²) in [6.07, 6.45) is 2.51. The van der Waals surface area contributed by atoms with Crippen molar-refractivity contribution in [1.29, 1.82) is 0 Å². The molecule has 8 heteroatoms. The molecular formula is C25H28N2O5S. The second kappa shape index (κ2) is 10.6. The number of methoxy groups -OCH3 is 1. The Hall–Kier alpha value is -3.26. The molecule has 0 spiro atoms. The Morgan fingerprint density at radius 3 is 2.48 bits per heavy atom. The molecule has 1 saturated heterocycles. The topological polar surface area (TPSA) is 84.9 Å². The Morgan fingerprint density at radius 1 is 1.15 bits per heavy atom. The number of rotatable bonds is 8. The molecule has 33 heavy (non-hydrogen) atoms. The van der Waals surface area contributed by atoms with Gasteiger partial charge in [0.15, 0.2) is 11.5 Å². The number of imide groups is 1. The van der Waals surface area contributed by atoms with Crippen LogP contribution in [-0.2, 0) is 9.59 Å². The molecule has 0 radical (unpaired) electrons. The van der Waals surface area contributed by atoms with E-state index in [1.165, 1.54) is 0 Å². The molecule has 0 aliphatic carbocycles. The van der Waals surface area contributed by atoms with Gasteiger partial charge in [-0.05, 0) is 73.9 Å². The summed E-state index contributed by atoms with van der Waals surface area (Å²) >= 11 is 0.810. The molecule has 1 N–H and O–H groups in total. The molecule has 1 aliphatic heterocycles. The molecule has 0 bridgehead atoms. The number of carbonyl (C=O) groups excluding carboxylic acids is 3. The highest BCUT2D eigenvalue weighted by Gasteiger charge is 2.36. The van der Waals surface area contributed by atoms with E-state index in [4.69, 9.17) is 9.47 Å². The highest BCUT2D eigenvalue weighted by molar-refractivity contribution is 8.18. The number of hydrogen-bond acceptors (Lipinski definition) is 6. The second-order valence-corrected chi connectivity index (χ2v) is 8.82. The number of nitrogens with one attached hydrogen (secondary N) is 1. The van der Waals surface area contributed by atoms with Gasteiger partial charge in [0.2, 0.25) is 5.91 Å². The summed E-state index contributed by atoms with van der Waals surface area (Å²) in [5.74, 6) is 0.223. The first kappa shape index (κ1) is 24.4. The monoisotopic (exact) mass is 468 g/mol. The van der Waals surface area contributed by atoms with Crippen molar-refractivity contribution in [3.63, 3.8) is 0 Å². The van der Waals surface area contributed by atoms with Gasteiger partial charge in [-0.1, -0.05) is 31.2 Å². The van der Waals surface area contributed by atoms with Crippen LogP contribution >= 0.6 is 11.8 Å². The van der Waals surface area contributed by atoms with E-state index < -0.39 is 17.1 Å². The van der Waals surface area contributed by atoms with Crippen molar-refractivity contribution in [1.82, 2.24) is 4.90 Å². The molecule has 1 atom stereocenters. The number of nitrogens with zero attached hydrogens (tertiary/aromatic N) is 1. The van der Waals surface area contributed by atoms with E-state index in [0.29, 0.717) is 22.7 Å². The Morgan fingerprint density at radius 2 is 1.85 bits per heavy atom. The van der Waals surface area contributed by atoms with Crippen LogP contribution in [0.5, 0.6) is 11.5 Å². The smallest absolute Gasteiger partial charge is 0.294 e. The van der Waals surface area contributed by atoms with Gasteiger partial charge in [0, 0.05) is 5.69 Å². The number of aryl methyl sites for hydroxylation is 2. The lowest BCUT2D eigenvalue weighted by atomic mass is 10.1. The van der Waals surface area contributed by atoms with Gasteiger partial charge >= 0.3 is 0 Å². The third-order valence-electron chi connectivity index (χ3n) is 5.31. The summed E-state index contributed by atoms with van der Waals surface area (Å²) in [5, 5.41) is 2.33. The van der Waals surface area contributed by atoms with E-state index in [2.05, 4.69) is 5.32 Å². The molecule has 7 nitrogen and oxygen atoms in total. The summed E-state index contributed by atoms with van der Waals surface area (Å²) in [6.45, 7) is 7.43. The molecule has 3 amide bonds. The average molecular weight is 469 g/mol. The fraction of sp³-hybridized carbons (Fsp3) is 0.320. The number of thioether (sulfide) groups is 1. The number of para-hydroxylation sites is 1. The van der Waals surface area contributed by atoms with Crippen LogP contribution in [0.3, 0.4) is 0 Å². The van der Waals surface area contributed by atoms with Crippen LogP contribution in [0.2, 0.25) is 0 Å². The van der Waals surface area contributed by atoms with Crippen LogP contribution in [0.4, 0.5) is 10.5 Å². The fourth-order valence-electron chi connectivity index (χ4n) is 3.29. The Kier molecular flexibility index (Phi) is 7.81. The first-order chi connectivity index (χ1) is 15.7. The maximum Gasteiger partial charge on any atom is 0.294 e. The minimum absolute atomic E-state index is 0.0378. The van der Waals surface area contributed by atoms with Crippen LogP contribution in [0.15, 0.2) is 41.3 Å². The van der Waals surface area contributed by atoms with Gasteiger partial charge in [-0.3, -0.25) is 19.3 Å². The first-order valence-corrected chi connectivity index (χ1v) is 11.5. The van der Waals surface area contributed by atoms with Gasteiger partial charge in [-0.15, -0.1) is 0 Å². The highest BCUT2D eigenvalue weighted by atomic mass is 32.2.